The van der Waals surface area contributed by atoms with Gasteiger partial charge in [0.15, 0.2) is 52.2 Å². The molecule has 2 aliphatic rings. The molecule has 1 aliphatic carbocycles. The number of benzene rings is 1. The maximum atomic E-state index is 13.2. The Bertz CT molecular complexity index is 6660. The molecule has 750 valence electrons. The van der Waals surface area contributed by atoms with Gasteiger partial charge in [-0.2, -0.15) is 13.2 Å². The third-order valence-corrected chi connectivity index (χ3v) is 23.2. The highest BCUT2D eigenvalue weighted by Crippen LogP contribution is 2.34. The Kier molecular flexibility index (Phi) is 40.9. The molecule has 0 spiro atoms. The summed E-state index contributed by atoms with van der Waals surface area (Å²) < 4.78 is 72.4. The summed E-state index contributed by atoms with van der Waals surface area (Å²) in [7, 11) is -2.94. The van der Waals surface area contributed by atoms with Gasteiger partial charge in [0.1, 0.15) is 84.9 Å². The zero-order valence-corrected chi connectivity index (χ0v) is 83.3. The maximum absolute atomic E-state index is 13.2. The quantitative estimate of drug-likeness (QED) is 0.0164. The van der Waals surface area contributed by atoms with Crippen LogP contribution in [-0.4, -0.2) is 215 Å². The molecule has 3 unspecified atom stereocenters. The van der Waals surface area contributed by atoms with Crippen LogP contribution in [0.1, 0.15) is 140 Å². The molecule has 2 fully saturated rings. The number of hydrogen-bond donors (Lipinski definition) is 6. The van der Waals surface area contributed by atoms with Gasteiger partial charge >= 0.3 is 6.18 Å². The molecule has 14 aromatic rings. The van der Waals surface area contributed by atoms with Gasteiger partial charge in [0.05, 0.1) is 37.2 Å². The molecule has 3 atom stereocenters. The first-order valence-corrected chi connectivity index (χ1v) is 49.3. The van der Waals surface area contributed by atoms with Crippen LogP contribution in [0.3, 0.4) is 0 Å². The SMILES string of the molecule is CC(C)C1C(=O)CC(Nc2cc(C(F)(F)F)nc(-c3ccccn3)n2)C1=O.CCNC(=O)CCc1nc(-c2ccccn2)nc(C)c1C.CCc1cc(NC(C)C(=O)N2CCOCC2)nc(-c2ccccn2)n1.Cc1cc(NCCCC(=O)Cc2ccccc2)nc(-c2ccccn2)n1.Cc1cc(NCCNC(=O)c2ccco2)nc(-c2ccccn2)n1.Cc1nc(-c2ccccn2)nc(CCCS(C)(=O)=O)c1C. The van der Waals surface area contributed by atoms with Crippen molar-refractivity contribution in [3.05, 3.63) is 287 Å². The Morgan fingerprint density at radius 1 is 0.500 bits per heavy atom. The average Bonchev–Trinajstić information content (AvgIpc) is 1.53. The number of hydrogen-bond acceptors (Lipinski definition) is 32. The standard InChI is InChI=1S/C21H22N4O.C18H17F3N4O2.C18H23N5O2.C17H17N5O2.C16H20N4O.C15H19N3O2S/c1-16-14-20(25-21(24-16)19-11-5-6-12-22-19)23-13-7-10-18(26)15-17-8-3-2-4-9-17;1-9(2)15-12(26)7-11(16(15)27)23-14-8-13(18(19,20)21)24-17(25-14)10-5-3-4-6-22-10;1-3-14-12-16(22-17(21-14)15-6-4-5-7-19-15)20-13(2)18(24)23-8-10-25-11-9-23;1-12-11-15(22-16(21-12)13-5-2-3-7-18-13)19-8-9-20-17(23)14-6-4-10-24-14;1-4-17-15(21)9-8-13-11(2)12(3)19-16(20-13)14-7-5-6-10-18-14;1-11-12(2)17-15(14-7-4-5-9-16-14)18-13(11)8-6-10-21(3,19)20/h2-6,8-9,11-12,14H,7,10,13,15H2,1H3,(H,23,24,25);3-6,8-9,11,15H,7H2,1-2H3,(H,23,24,25);4-7,12-13H,3,8-11H2,1-2H3,(H,20,21,22);2-7,10-11H,8-9H2,1H3,(H,20,23)(H,19,21,22);5-7,10H,4,8-9H2,1-3H3,(H,17,21);4-5,7,9H,6,8,10H2,1-3H3. The van der Waals surface area contributed by atoms with Gasteiger partial charge < -0.3 is 46.0 Å². The molecule has 0 bridgehead atoms. The first-order valence-electron chi connectivity index (χ1n) is 47.2. The fraction of sp³-hybridized carbons (Fsp3) is 0.333. The van der Waals surface area contributed by atoms with Crippen LogP contribution in [0, 0.1) is 53.4 Å². The fourth-order valence-corrected chi connectivity index (χ4v) is 15.4. The second-order valence-electron chi connectivity index (χ2n) is 33.9. The van der Waals surface area contributed by atoms with Crippen LogP contribution in [0.25, 0.3) is 69.1 Å². The number of pyridine rings is 6. The number of alkyl halides is 3. The van der Waals surface area contributed by atoms with Gasteiger partial charge in [-0.3, -0.25) is 58.7 Å². The highest BCUT2D eigenvalue weighted by molar-refractivity contribution is 7.90. The van der Waals surface area contributed by atoms with E-state index in [-0.39, 0.29) is 76.5 Å². The minimum absolute atomic E-state index is 0.0487. The minimum atomic E-state index is -4.70. The number of anilines is 4. The van der Waals surface area contributed by atoms with E-state index >= 15 is 0 Å². The molecule has 0 radical (unpaired) electrons. The molecule has 1 saturated carbocycles. The van der Waals surface area contributed by atoms with E-state index in [0.29, 0.717) is 143 Å². The van der Waals surface area contributed by atoms with Gasteiger partial charge in [0.2, 0.25) is 11.8 Å². The summed E-state index contributed by atoms with van der Waals surface area (Å²) in [6.07, 6.45) is 12.8. The number of carbonyl (C=O) groups excluding carboxylic acids is 6. The predicted molar refractivity (Wildman–Crippen MR) is 543 cm³/mol. The molecule has 144 heavy (non-hydrogen) atoms. The second-order valence-corrected chi connectivity index (χ2v) is 36.1. The first-order chi connectivity index (χ1) is 69.2. The van der Waals surface area contributed by atoms with Gasteiger partial charge in [0, 0.05) is 173 Å². The van der Waals surface area contributed by atoms with Crippen LogP contribution in [0.15, 0.2) is 224 Å². The number of aryl methyl sites for hydroxylation is 7. The predicted octanol–water partition coefficient (Wildman–Crippen LogP) is 15.4. The normalized spacial score (nSPS) is 13.4. The number of nitrogens with zero attached hydrogens (tertiary/aromatic N) is 19. The summed E-state index contributed by atoms with van der Waals surface area (Å²) in [5, 5.41) is 17.9. The summed E-state index contributed by atoms with van der Waals surface area (Å²) >= 11 is 0. The summed E-state index contributed by atoms with van der Waals surface area (Å²) in [6, 6.07) is 51.1. The van der Waals surface area contributed by atoms with Crippen molar-refractivity contribution in [3.63, 3.8) is 0 Å². The Hall–Kier alpha value is -15.8. The molecule has 16 rings (SSSR count). The van der Waals surface area contributed by atoms with Gasteiger partial charge in [-0.25, -0.2) is 68.2 Å². The zero-order valence-electron chi connectivity index (χ0n) is 82.4. The summed E-state index contributed by atoms with van der Waals surface area (Å²) in [6.45, 7) is 25.8. The van der Waals surface area contributed by atoms with Crippen molar-refractivity contribution < 1.29 is 59.5 Å². The van der Waals surface area contributed by atoms with Gasteiger partial charge in [-0.1, -0.05) is 87.5 Å². The van der Waals surface area contributed by atoms with E-state index < -0.39 is 33.7 Å². The van der Waals surface area contributed by atoms with E-state index in [0.717, 1.165) is 104 Å². The highest BCUT2D eigenvalue weighted by Gasteiger charge is 2.43. The summed E-state index contributed by atoms with van der Waals surface area (Å²) in [5.74, 6) is 3.76. The highest BCUT2D eigenvalue weighted by atomic mass is 32.2. The first kappa shape index (κ1) is 109. The van der Waals surface area contributed by atoms with Crippen LogP contribution in [0.4, 0.5) is 36.4 Å². The Morgan fingerprint density at radius 3 is 1.43 bits per heavy atom. The minimum Gasteiger partial charge on any atom is -0.459 e. The molecule has 3 amide bonds. The number of carbonyl (C=O) groups is 6. The van der Waals surface area contributed by atoms with Crippen LogP contribution in [-0.2, 0) is 70.4 Å². The van der Waals surface area contributed by atoms with E-state index in [1.807, 2.05) is 207 Å². The molecule has 1 aliphatic heterocycles. The lowest BCUT2D eigenvalue weighted by Gasteiger charge is -2.29. The third-order valence-electron chi connectivity index (χ3n) is 22.2. The van der Waals surface area contributed by atoms with Crippen molar-refractivity contribution in [2.45, 2.75) is 152 Å². The molecule has 13 aromatic heterocycles. The summed E-state index contributed by atoms with van der Waals surface area (Å²) in [5.41, 5.74) is 12.1. The molecule has 14 heterocycles. The molecule has 1 saturated heterocycles. The lowest BCUT2D eigenvalue weighted by molar-refractivity contribution is -0.141. The van der Waals surface area contributed by atoms with Crippen LogP contribution >= 0.6 is 0 Å². The number of rotatable bonds is 33. The number of Topliss-reactive ketones (excluding diaryl/α,β-unsaturated/α-hetero) is 3. The van der Waals surface area contributed by atoms with Crippen molar-refractivity contribution in [1.29, 1.82) is 0 Å². The van der Waals surface area contributed by atoms with E-state index in [2.05, 4.69) is 122 Å². The summed E-state index contributed by atoms with van der Waals surface area (Å²) in [4.78, 5) is 152. The average molecular weight is 1980 g/mol. The van der Waals surface area contributed by atoms with Crippen LogP contribution < -0.4 is 31.9 Å². The number of ketones is 3. The van der Waals surface area contributed by atoms with E-state index in [1.54, 1.807) is 69.1 Å². The molecule has 39 heteroatoms. The molecule has 35 nitrogen and oxygen atoms in total. The number of furan rings is 1. The monoisotopic (exact) mass is 1980 g/mol. The number of sulfone groups is 1. The lowest BCUT2D eigenvalue weighted by Crippen LogP contribution is -2.47. The molecule has 1 aromatic carbocycles. The maximum Gasteiger partial charge on any atom is 0.433 e. The van der Waals surface area contributed by atoms with Crippen molar-refractivity contribution >= 4 is 68.2 Å². The number of nitrogens with one attached hydrogen (secondary N) is 6. The lowest BCUT2D eigenvalue weighted by atomic mass is 9.92. The van der Waals surface area contributed by atoms with Crippen molar-refractivity contribution in [2.75, 3.05) is 85.8 Å². The van der Waals surface area contributed by atoms with Crippen molar-refractivity contribution in [1.82, 2.24) is 105 Å². The van der Waals surface area contributed by atoms with E-state index in [4.69, 9.17) is 9.15 Å². The number of ether oxygens (including phenoxy) is 1. The molecule has 6 N–H and O–H groups in total. The van der Waals surface area contributed by atoms with Crippen molar-refractivity contribution in [3.8, 4) is 69.1 Å². The zero-order chi connectivity index (χ0) is 103. The second kappa shape index (κ2) is 54.3. The number of amides is 3. The smallest absolute Gasteiger partial charge is 0.433 e. The Labute approximate surface area is 834 Å². The molecular weight excluding hydrogens is 1860 g/mol. The van der Waals surface area contributed by atoms with E-state index in [1.165, 1.54) is 24.8 Å². The number of halogens is 3. The number of aromatic nitrogens is 18. The van der Waals surface area contributed by atoms with Crippen molar-refractivity contribution in [2.24, 2.45) is 11.8 Å². The number of morpholine rings is 1. The fourth-order valence-electron chi connectivity index (χ4n) is 14.7. The van der Waals surface area contributed by atoms with Crippen LogP contribution in [0.5, 0.6) is 0 Å². The Morgan fingerprint density at radius 2 is 0.972 bits per heavy atom. The topological polar surface area (TPSA) is 466 Å². The van der Waals surface area contributed by atoms with E-state index in [9.17, 15) is 50.4 Å². The third kappa shape index (κ3) is 34.3. The van der Waals surface area contributed by atoms with Crippen LogP contribution in [0.2, 0.25) is 0 Å². The Balaban J connectivity index is 0.000000165. The largest absolute Gasteiger partial charge is 0.459 e. The van der Waals surface area contributed by atoms with Gasteiger partial charge in [0.25, 0.3) is 5.91 Å². The molecular formula is C105H118F3N25O10S. The van der Waals surface area contributed by atoms with Gasteiger partial charge in [-0.15, -0.1) is 0 Å². The van der Waals surface area contributed by atoms with Gasteiger partial charge in [-0.05, 0) is 195 Å².